The smallest absolute Gasteiger partial charge is 0.114 e. The second kappa shape index (κ2) is 4.96. The highest BCUT2D eigenvalue weighted by Gasteiger charge is 2.22. The van der Waals surface area contributed by atoms with Gasteiger partial charge in [0.2, 0.25) is 0 Å². The first-order valence-corrected chi connectivity index (χ1v) is 7.73. The van der Waals surface area contributed by atoms with Crippen LogP contribution in [0.3, 0.4) is 0 Å². The number of rotatable bonds is 2. The van der Waals surface area contributed by atoms with Gasteiger partial charge in [-0.1, -0.05) is 19.3 Å². The molecule has 0 aliphatic heterocycles. The maximum atomic E-state index is 6.18. The molecule has 0 aromatic carbocycles. The van der Waals surface area contributed by atoms with Gasteiger partial charge in [0, 0.05) is 24.7 Å². The van der Waals surface area contributed by atoms with Gasteiger partial charge in [0.25, 0.3) is 0 Å². The molecule has 0 amide bonds. The first-order valence-electron chi connectivity index (χ1n) is 6.92. The van der Waals surface area contributed by atoms with Crippen molar-refractivity contribution in [1.29, 1.82) is 0 Å². The first-order chi connectivity index (χ1) is 9.15. The molecule has 0 unspecified atom stereocenters. The third-order valence-corrected chi connectivity index (χ3v) is 4.94. The van der Waals surface area contributed by atoms with E-state index >= 15 is 0 Å². The van der Waals surface area contributed by atoms with E-state index in [-0.39, 0.29) is 0 Å². The van der Waals surface area contributed by atoms with E-state index in [9.17, 15) is 0 Å². The van der Waals surface area contributed by atoms with Crippen molar-refractivity contribution in [3.05, 3.63) is 16.9 Å². The van der Waals surface area contributed by atoms with E-state index in [1.54, 1.807) is 11.3 Å². The van der Waals surface area contributed by atoms with Crippen molar-refractivity contribution in [1.82, 2.24) is 14.8 Å². The van der Waals surface area contributed by atoms with Gasteiger partial charge in [-0.05, 0) is 19.8 Å². The summed E-state index contributed by atoms with van der Waals surface area (Å²) < 4.78 is 1.82. The van der Waals surface area contributed by atoms with Crippen molar-refractivity contribution < 1.29 is 0 Å². The zero-order valence-electron chi connectivity index (χ0n) is 11.5. The maximum Gasteiger partial charge on any atom is 0.114 e. The Morgan fingerprint density at radius 2 is 2.05 bits per heavy atom. The van der Waals surface area contributed by atoms with Gasteiger partial charge in [0.1, 0.15) is 10.7 Å². The lowest BCUT2D eigenvalue weighted by molar-refractivity contribution is 0.442. The molecular formula is C14H20N4S. The Balaban J connectivity index is 1.95. The quantitative estimate of drug-likeness (QED) is 0.913. The topological polar surface area (TPSA) is 56.7 Å². The number of thiazole rings is 1. The van der Waals surface area contributed by atoms with Crippen LogP contribution >= 0.6 is 11.3 Å². The largest absolute Gasteiger partial charge is 0.389 e. The Morgan fingerprint density at radius 1 is 1.32 bits per heavy atom. The van der Waals surface area contributed by atoms with Crippen molar-refractivity contribution in [2.45, 2.75) is 44.9 Å². The predicted octanol–water partition coefficient (Wildman–Crippen LogP) is 3.48. The van der Waals surface area contributed by atoms with Crippen molar-refractivity contribution >= 4 is 16.3 Å². The fourth-order valence-electron chi connectivity index (χ4n) is 2.90. The van der Waals surface area contributed by atoms with Crippen molar-refractivity contribution in [3.63, 3.8) is 0 Å². The van der Waals surface area contributed by atoms with Crippen LogP contribution in [-0.4, -0.2) is 14.8 Å². The average molecular weight is 276 g/mol. The number of nitrogen functional groups attached to an aromatic ring is 1. The van der Waals surface area contributed by atoms with Crippen LogP contribution in [0.25, 0.3) is 11.3 Å². The molecule has 1 aliphatic rings. The molecule has 19 heavy (non-hydrogen) atoms. The summed E-state index contributed by atoms with van der Waals surface area (Å²) in [4.78, 5) is 4.82. The molecule has 1 saturated carbocycles. The van der Waals surface area contributed by atoms with Crippen LogP contribution in [0.15, 0.2) is 6.20 Å². The van der Waals surface area contributed by atoms with Gasteiger partial charge in [-0.3, -0.25) is 4.68 Å². The number of aryl methyl sites for hydroxylation is 2. The van der Waals surface area contributed by atoms with Crippen LogP contribution in [0.1, 0.15) is 48.7 Å². The molecule has 0 spiro atoms. The average Bonchev–Trinajstić information content (AvgIpc) is 2.93. The summed E-state index contributed by atoms with van der Waals surface area (Å²) in [6.45, 7) is 2.01. The summed E-state index contributed by atoms with van der Waals surface area (Å²) in [5, 5.41) is 6.42. The highest BCUT2D eigenvalue weighted by Crippen LogP contribution is 2.40. The second-order valence-corrected chi connectivity index (χ2v) is 6.46. The Morgan fingerprint density at radius 3 is 2.68 bits per heavy atom. The summed E-state index contributed by atoms with van der Waals surface area (Å²) >= 11 is 1.66. The zero-order valence-corrected chi connectivity index (χ0v) is 12.3. The number of anilines is 1. The van der Waals surface area contributed by atoms with Crippen LogP contribution < -0.4 is 5.73 Å². The SMILES string of the molecule is Cc1nn(C)cc1-c1nc(C2CCCCC2)sc1N. The second-order valence-electron chi connectivity index (χ2n) is 5.40. The van der Waals surface area contributed by atoms with Crippen molar-refractivity contribution in [2.75, 3.05) is 5.73 Å². The molecule has 2 aromatic rings. The lowest BCUT2D eigenvalue weighted by atomic mass is 9.90. The fourth-order valence-corrected chi connectivity index (χ4v) is 3.92. The lowest BCUT2D eigenvalue weighted by Crippen LogP contribution is -2.03. The minimum atomic E-state index is 0.617. The molecule has 4 nitrogen and oxygen atoms in total. The van der Waals surface area contributed by atoms with Crippen LogP contribution in [0.5, 0.6) is 0 Å². The molecule has 3 rings (SSSR count). The summed E-state index contributed by atoms with van der Waals surface area (Å²) in [7, 11) is 1.93. The van der Waals surface area contributed by atoms with Gasteiger partial charge >= 0.3 is 0 Å². The van der Waals surface area contributed by atoms with E-state index in [4.69, 9.17) is 10.7 Å². The van der Waals surface area contributed by atoms with E-state index < -0.39 is 0 Å². The molecule has 0 saturated heterocycles. The Bertz CT molecular complexity index is 578. The van der Waals surface area contributed by atoms with E-state index in [2.05, 4.69) is 5.10 Å². The van der Waals surface area contributed by atoms with E-state index in [0.717, 1.165) is 22.0 Å². The minimum absolute atomic E-state index is 0.617. The Kier molecular flexibility index (Phi) is 3.31. The highest BCUT2D eigenvalue weighted by atomic mass is 32.1. The summed E-state index contributed by atoms with van der Waals surface area (Å²) in [5.74, 6) is 0.617. The standard InChI is InChI=1S/C14H20N4S/c1-9-11(8-18(2)17-9)12-13(15)19-14(16-12)10-6-4-3-5-7-10/h8,10H,3-7,15H2,1-2H3. The molecule has 5 heteroatoms. The molecule has 1 aliphatic carbocycles. The Labute approximate surface area is 117 Å². The third-order valence-electron chi connectivity index (χ3n) is 3.89. The molecule has 2 aromatic heterocycles. The van der Waals surface area contributed by atoms with Gasteiger partial charge in [0.15, 0.2) is 0 Å². The molecule has 1 fully saturated rings. The van der Waals surface area contributed by atoms with Gasteiger partial charge in [-0.15, -0.1) is 11.3 Å². The molecule has 0 atom stereocenters. The van der Waals surface area contributed by atoms with Crippen LogP contribution in [0.2, 0.25) is 0 Å². The number of aromatic nitrogens is 3. The zero-order chi connectivity index (χ0) is 13.4. The van der Waals surface area contributed by atoms with Gasteiger partial charge in [-0.25, -0.2) is 4.98 Å². The monoisotopic (exact) mass is 276 g/mol. The van der Waals surface area contributed by atoms with Crippen molar-refractivity contribution in [2.24, 2.45) is 7.05 Å². The molecular weight excluding hydrogens is 256 g/mol. The van der Waals surface area contributed by atoms with Gasteiger partial charge < -0.3 is 5.73 Å². The van der Waals surface area contributed by atoms with E-state index in [0.29, 0.717) is 5.92 Å². The van der Waals surface area contributed by atoms with Gasteiger partial charge in [0.05, 0.1) is 10.7 Å². The highest BCUT2D eigenvalue weighted by molar-refractivity contribution is 7.16. The third kappa shape index (κ3) is 2.39. The number of hydrogen-bond acceptors (Lipinski definition) is 4. The summed E-state index contributed by atoms with van der Waals surface area (Å²) in [6, 6.07) is 0. The number of nitrogens with zero attached hydrogens (tertiary/aromatic N) is 3. The van der Waals surface area contributed by atoms with Crippen LogP contribution in [0, 0.1) is 6.92 Å². The normalized spacial score (nSPS) is 16.9. The van der Waals surface area contributed by atoms with Crippen LogP contribution in [-0.2, 0) is 7.05 Å². The molecule has 0 bridgehead atoms. The molecule has 0 radical (unpaired) electrons. The summed E-state index contributed by atoms with van der Waals surface area (Å²) in [5.41, 5.74) is 9.17. The maximum absolute atomic E-state index is 6.18. The van der Waals surface area contributed by atoms with Crippen molar-refractivity contribution in [3.8, 4) is 11.3 Å². The fraction of sp³-hybridized carbons (Fsp3) is 0.571. The number of nitrogens with two attached hydrogens (primary N) is 1. The van der Waals surface area contributed by atoms with Gasteiger partial charge in [-0.2, -0.15) is 5.10 Å². The van der Waals surface area contributed by atoms with E-state index in [1.807, 2.05) is 24.9 Å². The Hall–Kier alpha value is -1.36. The van der Waals surface area contributed by atoms with Crippen LogP contribution in [0.4, 0.5) is 5.00 Å². The first kappa shape index (κ1) is 12.7. The predicted molar refractivity (Wildman–Crippen MR) is 79.3 cm³/mol. The lowest BCUT2D eigenvalue weighted by Gasteiger charge is -2.18. The minimum Gasteiger partial charge on any atom is -0.389 e. The molecule has 2 N–H and O–H groups in total. The number of hydrogen-bond donors (Lipinski definition) is 1. The molecule has 2 heterocycles. The molecule has 102 valence electrons. The summed E-state index contributed by atoms with van der Waals surface area (Å²) in [6.07, 6.45) is 8.55. The van der Waals surface area contributed by atoms with E-state index in [1.165, 1.54) is 37.1 Å².